The van der Waals surface area contributed by atoms with Crippen LogP contribution in [0.2, 0.25) is 0 Å². The Balaban J connectivity index is 2.14. The van der Waals surface area contributed by atoms with Gasteiger partial charge in [-0.1, -0.05) is 0 Å². The number of nitrogens with zero attached hydrogens (tertiary/aromatic N) is 1. The Hall–Kier alpha value is 0.0300. The molecule has 1 saturated heterocycles. The van der Waals surface area contributed by atoms with Gasteiger partial charge in [0.05, 0.1) is 34.4 Å². The summed E-state index contributed by atoms with van der Waals surface area (Å²) in [6.07, 6.45) is -0.0747. The first-order valence-electron chi connectivity index (χ1n) is 4.81. The summed E-state index contributed by atoms with van der Waals surface area (Å²) >= 11 is 0. The van der Waals surface area contributed by atoms with Crippen LogP contribution in [0.15, 0.2) is 0 Å². The third-order valence-electron chi connectivity index (χ3n) is 1.83. The van der Waals surface area contributed by atoms with Crippen molar-refractivity contribution in [2.75, 3.05) is 47.5 Å². The van der Waals surface area contributed by atoms with E-state index in [1.807, 2.05) is 21.1 Å². The minimum Gasteiger partial charge on any atom is -0.756 e. The summed E-state index contributed by atoms with van der Waals surface area (Å²) in [7, 11) is 1.74. The highest BCUT2D eigenvalue weighted by molar-refractivity contribution is 7.45. The molecule has 1 aliphatic rings. The number of phosphoric ester groups is 1. The highest BCUT2D eigenvalue weighted by Crippen LogP contribution is 2.38. The van der Waals surface area contributed by atoms with E-state index in [2.05, 4.69) is 4.52 Å². The molecule has 90 valence electrons. The topological polar surface area (TPSA) is 71.1 Å². The summed E-state index contributed by atoms with van der Waals surface area (Å²) in [6, 6.07) is 0. The van der Waals surface area contributed by atoms with E-state index in [-0.39, 0.29) is 19.3 Å². The molecule has 1 heterocycles. The average molecular weight is 239 g/mol. The van der Waals surface area contributed by atoms with Crippen LogP contribution in [0.3, 0.4) is 0 Å². The number of likely N-dealkylation sites (N-methyl/N-ethyl adjacent to an activating group) is 1. The van der Waals surface area contributed by atoms with Crippen LogP contribution >= 0.6 is 7.82 Å². The summed E-state index contributed by atoms with van der Waals surface area (Å²) in [6.45, 7) is 1.37. The third-order valence-corrected chi connectivity index (χ3v) is 2.80. The summed E-state index contributed by atoms with van der Waals surface area (Å²) in [5.41, 5.74) is 0. The fourth-order valence-electron chi connectivity index (χ4n) is 0.802. The largest absolute Gasteiger partial charge is 0.756 e. The van der Waals surface area contributed by atoms with E-state index in [1.54, 1.807) is 0 Å². The van der Waals surface area contributed by atoms with Crippen molar-refractivity contribution in [1.82, 2.24) is 0 Å². The molecule has 0 amide bonds. The first-order chi connectivity index (χ1) is 6.79. The van der Waals surface area contributed by atoms with E-state index < -0.39 is 7.82 Å². The molecule has 15 heavy (non-hydrogen) atoms. The van der Waals surface area contributed by atoms with Crippen LogP contribution in [-0.2, 0) is 18.3 Å². The lowest BCUT2D eigenvalue weighted by molar-refractivity contribution is -0.870. The van der Waals surface area contributed by atoms with E-state index in [0.29, 0.717) is 17.6 Å². The Morgan fingerprint density at radius 3 is 2.53 bits per heavy atom. The molecule has 0 aromatic carbocycles. The fraction of sp³-hybridized carbons (Fsp3) is 1.00. The number of hydrogen-bond donors (Lipinski definition) is 0. The van der Waals surface area contributed by atoms with Gasteiger partial charge >= 0.3 is 0 Å². The van der Waals surface area contributed by atoms with Crippen molar-refractivity contribution < 1.29 is 27.7 Å². The van der Waals surface area contributed by atoms with Crippen molar-refractivity contribution >= 4 is 7.82 Å². The Morgan fingerprint density at radius 2 is 2.07 bits per heavy atom. The highest BCUT2D eigenvalue weighted by Gasteiger charge is 2.25. The maximum atomic E-state index is 11.2. The number of epoxide rings is 1. The minimum atomic E-state index is -4.13. The number of ether oxygens (including phenoxy) is 1. The summed E-state index contributed by atoms with van der Waals surface area (Å²) in [5, 5.41) is 0. The summed E-state index contributed by atoms with van der Waals surface area (Å²) < 4.78 is 25.9. The van der Waals surface area contributed by atoms with Gasteiger partial charge in [0.15, 0.2) is 0 Å². The molecule has 0 bridgehead atoms. The molecular formula is C8H18NO5P. The smallest absolute Gasteiger partial charge is 0.268 e. The average Bonchev–Trinajstić information content (AvgIpc) is 2.80. The molecule has 0 aromatic rings. The van der Waals surface area contributed by atoms with Crippen LogP contribution in [0.1, 0.15) is 0 Å². The minimum absolute atomic E-state index is 0.0607. The highest BCUT2D eigenvalue weighted by atomic mass is 31.2. The maximum absolute atomic E-state index is 11.2. The lowest BCUT2D eigenvalue weighted by atomic mass is 10.5. The zero-order valence-electron chi connectivity index (χ0n) is 9.34. The molecule has 0 radical (unpaired) electrons. The molecule has 1 unspecified atom stereocenters. The van der Waals surface area contributed by atoms with Crippen molar-refractivity contribution in [2.45, 2.75) is 6.10 Å². The number of hydrogen-bond acceptors (Lipinski definition) is 5. The molecule has 0 aliphatic carbocycles. The summed E-state index contributed by atoms with van der Waals surface area (Å²) in [4.78, 5) is 11.2. The SMILES string of the molecule is C[N+](C)(C)CCOP(=O)([O-])OC[C@H]1CO1. The molecule has 7 heteroatoms. The Bertz CT molecular complexity index is 248. The second kappa shape index (κ2) is 4.91. The van der Waals surface area contributed by atoms with Crippen LogP contribution in [0, 0.1) is 0 Å². The molecule has 0 N–H and O–H groups in total. The van der Waals surface area contributed by atoms with Crippen LogP contribution in [0.25, 0.3) is 0 Å². The van der Waals surface area contributed by atoms with Gasteiger partial charge in [-0.3, -0.25) is 4.57 Å². The molecule has 1 fully saturated rings. The van der Waals surface area contributed by atoms with Gasteiger partial charge in [0.2, 0.25) is 0 Å². The van der Waals surface area contributed by atoms with Gasteiger partial charge in [0, 0.05) is 0 Å². The second-order valence-electron chi connectivity index (χ2n) is 4.55. The van der Waals surface area contributed by atoms with Crippen molar-refractivity contribution in [3.05, 3.63) is 0 Å². The molecule has 6 nitrogen and oxygen atoms in total. The van der Waals surface area contributed by atoms with E-state index in [4.69, 9.17) is 9.26 Å². The molecule has 0 spiro atoms. The Labute approximate surface area is 89.9 Å². The monoisotopic (exact) mass is 239 g/mol. The first-order valence-corrected chi connectivity index (χ1v) is 6.27. The van der Waals surface area contributed by atoms with Gasteiger partial charge in [-0.05, 0) is 0 Å². The summed E-state index contributed by atoms with van der Waals surface area (Å²) in [5.74, 6) is 0. The molecule has 1 aliphatic heterocycles. The van der Waals surface area contributed by atoms with E-state index in [1.165, 1.54) is 0 Å². The third kappa shape index (κ3) is 7.00. The van der Waals surface area contributed by atoms with Crippen LogP contribution in [0.5, 0.6) is 0 Å². The Morgan fingerprint density at radius 1 is 1.47 bits per heavy atom. The number of quaternary nitrogens is 1. The predicted octanol–water partition coefficient (Wildman–Crippen LogP) is -0.407. The molecule has 1 rings (SSSR count). The molecule has 2 atom stereocenters. The standard InChI is InChI=1S/C8H18NO5P/c1-9(2,3)4-5-13-15(10,11)14-7-8-6-12-8/h8H,4-7H2,1-3H3/t8-/m1/s1. The second-order valence-corrected chi connectivity index (χ2v) is 5.96. The van der Waals surface area contributed by atoms with Crippen LogP contribution in [-0.4, -0.2) is 58.1 Å². The molecular weight excluding hydrogens is 221 g/mol. The van der Waals surface area contributed by atoms with Gasteiger partial charge in [0.1, 0.15) is 19.3 Å². The lowest BCUT2D eigenvalue weighted by Crippen LogP contribution is -2.37. The van der Waals surface area contributed by atoms with Crippen molar-refractivity contribution in [1.29, 1.82) is 0 Å². The molecule has 0 saturated carbocycles. The van der Waals surface area contributed by atoms with Gasteiger partial charge < -0.3 is 23.2 Å². The van der Waals surface area contributed by atoms with Crippen molar-refractivity contribution in [3.63, 3.8) is 0 Å². The Kier molecular flexibility index (Phi) is 4.29. The fourth-order valence-corrected chi connectivity index (χ4v) is 1.53. The van der Waals surface area contributed by atoms with Crippen LogP contribution in [0.4, 0.5) is 0 Å². The quantitative estimate of drug-likeness (QED) is 0.343. The van der Waals surface area contributed by atoms with Gasteiger partial charge in [-0.15, -0.1) is 0 Å². The van der Waals surface area contributed by atoms with Crippen molar-refractivity contribution in [2.24, 2.45) is 0 Å². The zero-order valence-corrected chi connectivity index (χ0v) is 10.2. The van der Waals surface area contributed by atoms with E-state index in [0.717, 1.165) is 0 Å². The zero-order chi connectivity index (χ0) is 11.5. The molecule has 0 aromatic heterocycles. The van der Waals surface area contributed by atoms with Gasteiger partial charge in [-0.25, -0.2) is 0 Å². The number of phosphoric acid groups is 1. The predicted molar refractivity (Wildman–Crippen MR) is 52.1 cm³/mol. The first kappa shape index (κ1) is 13.1. The lowest BCUT2D eigenvalue weighted by Gasteiger charge is -2.27. The van der Waals surface area contributed by atoms with Crippen molar-refractivity contribution in [3.8, 4) is 0 Å². The van der Waals surface area contributed by atoms with Gasteiger partial charge in [0.25, 0.3) is 7.82 Å². The van der Waals surface area contributed by atoms with Crippen LogP contribution < -0.4 is 4.89 Å². The number of rotatable bonds is 7. The van der Waals surface area contributed by atoms with E-state index >= 15 is 0 Å². The maximum Gasteiger partial charge on any atom is 0.268 e. The normalized spacial score (nSPS) is 24.9. The van der Waals surface area contributed by atoms with E-state index in [9.17, 15) is 9.46 Å². The van der Waals surface area contributed by atoms with Gasteiger partial charge in [-0.2, -0.15) is 0 Å².